The smallest absolute Gasteiger partial charge is 0.337 e. The lowest BCUT2D eigenvalue weighted by Gasteiger charge is -2.12. The topological polar surface area (TPSA) is 78.4 Å². The normalized spacial score (nSPS) is 18.0. The number of nitrogens with one attached hydrogen (secondary N) is 2. The second-order valence-electron chi connectivity index (χ2n) is 4.42. The highest BCUT2D eigenvalue weighted by Gasteiger charge is 2.17. The van der Waals surface area contributed by atoms with E-state index in [1.165, 1.54) is 6.07 Å². The quantitative estimate of drug-likeness (QED) is 0.790. The van der Waals surface area contributed by atoms with Gasteiger partial charge in [-0.2, -0.15) is 11.8 Å². The number of benzene rings is 1. The van der Waals surface area contributed by atoms with Crippen molar-refractivity contribution in [3.05, 3.63) is 29.8 Å². The molecule has 0 spiro atoms. The molecule has 5 nitrogen and oxygen atoms in total. The van der Waals surface area contributed by atoms with E-state index >= 15 is 0 Å². The van der Waals surface area contributed by atoms with Crippen molar-refractivity contribution in [3.8, 4) is 0 Å². The van der Waals surface area contributed by atoms with Gasteiger partial charge in [-0.15, -0.1) is 0 Å². The van der Waals surface area contributed by atoms with Crippen molar-refractivity contribution >= 4 is 29.4 Å². The zero-order chi connectivity index (χ0) is 13.7. The van der Waals surface area contributed by atoms with Crippen molar-refractivity contribution in [2.75, 3.05) is 23.4 Å². The molecule has 1 unspecified atom stereocenters. The van der Waals surface area contributed by atoms with Crippen LogP contribution in [0.25, 0.3) is 0 Å². The third kappa shape index (κ3) is 3.89. The fraction of sp³-hybridized carbons (Fsp3) is 0.385. The van der Waals surface area contributed by atoms with E-state index in [1.54, 1.807) is 18.2 Å². The third-order valence-electron chi connectivity index (χ3n) is 2.98. The molecule has 2 amide bonds. The van der Waals surface area contributed by atoms with Crippen LogP contribution in [-0.2, 0) is 0 Å². The van der Waals surface area contributed by atoms with Gasteiger partial charge in [-0.3, -0.25) is 0 Å². The van der Waals surface area contributed by atoms with Crippen molar-refractivity contribution in [1.29, 1.82) is 0 Å². The molecule has 6 heteroatoms. The minimum absolute atomic E-state index is 0.0917. The first-order valence-electron chi connectivity index (χ1n) is 6.11. The van der Waals surface area contributed by atoms with E-state index in [4.69, 9.17) is 5.11 Å². The monoisotopic (exact) mass is 280 g/mol. The molecule has 0 saturated carbocycles. The van der Waals surface area contributed by atoms with E-state index in [1.807, 2.05) is 11.8 Å². The molecule has 1 aromatic rings. The number of thioether (sulfide) groups is 1. The Morgan fingerprint density at radius 2 is 2.16 bits per heavy atom. The Morgan fingerprint density at radius 1 is 1.37 bits per heavy atom. The van der Waals surface area contributed by atoms with Gasteiger partial charge in [-0.25, -0.2) is 9.59 Å². The van der Waals surface area contributed by atoms with E-state index in [9.17, 15) is 9.59 Å². The summed E-state index contributed by atoms with van der Waals surface area (Å²) in [6.45, 7) is 0.633. The number of para-hydroxylation sites is 1. The van der Waals surface area contributed by atoms with Crippen LogP contribution in [-0.4, -0.2) is 35.2 Å². The minimum atomic E-state index is -1.05. The summed E-state index contributed by atoms with van der Waals surface area (Å²) in [5.74, 6) is 1.69. The maximum atomic E-state index is 11.7. The first-order chi connectivity index (χ1) is 9.16. The van der Waals surface area contributed by atoms with Gasteiger partial charge in [0.2, 0.25) is 0 Å². The standard InChI is InChI=1S/C13H16N2O3S/c16-12(17)10-3-1-2-4-11(10)15-13(18)14-7-9-5-6-19-8-9/h1-4,9H,5-8H2,(H,16,17)(H2,14,15,18). The zero-order valence-electron chi connectivity index (χ0n) is 10.4. The molecule has 1 heterocycles. The molecule has 1 saturated heterocycles. The number of urea groups is 1. The summed E-state index contributed by atoms with van der Waals surface area (Å²) in [5, 5.41) is 14.4. The number of hydrogen-bond acceptors (Lipinski definition) is 3. The molecule has 1 fully saturated rings. The third-order valence-corrected chi connectivity index (χ3v) is 4.21. The first-order valence-corrected chi connectivity index (χ1v) is 7.27. The van der Waals surface area contributed by atoms with Crippen LogP contribution in [0.2, 0.25) is 0 Å². The average Bonchev–Trinajstić information content (AvgIpc) is 2.90. The van der Waals surface area contributed by atoms with Gasteiger partial charge in [0, 0.05) is 6.54 Å². The Kier molecular flexibility index (Phi) is 4.68. The maximum Gasteiger partial charge on any atom is 0.337 e. The van der Waals surface area contributed by atoms with Gasteiger partial charge in [0.15, 0.2) is 0 Å². The fourth-order valence-electron chi connectivity index (χ4n) is 1.93. The highest BCUT2D eigenvalue weighted by atomic mass is 32.2. The summed E-state index contributed by atoms with van der Waals surface area (Å²) in [4.78, 5) is 22.7. The van der Waals surface area contributed by atoms with E-state index in [2.05, 4.69) is 10.6 Å². The molecule has 1 atom stereocenters. The predicted molar refractivity (Wildman–Crippen MR) is 75.9 cm³/mol. The molecule has 0 aromatic heterocycles. The SMILES string of the molecule is O=C(NCC1CCSC1)Nc1ccccc1C(=O)O. The number of hydrogen-bond donors (Lipinski definition) is 3. The fourth-order valence-corrected chi connectivity index (χ4v) is 3.21. The van der Waals surface area contributed by atoms with Gasteiger partial charge in [-0.1, -0.05) is 12.1 Å². The molecular weight excluding hydrogens is 264 g/mol. The molecule has 3 N–H and O–H groups in total. The zero-order valence-corrected chi connectivity index (χ0v) is 11.2. The van der Waals surface area contributed by atoms with Crippen molar-refractivity contribution in [1.82, 2.24) is 5.32 Å². The first kappa shape index (κ1) is 13.7. The average molecular weight is 280 g/mol. The number of carbonyl (C=O) groups excluding carboxylic acids is 1. The Hall–Kier alpha value is -1.69. The molecule has 2 rings (SSSR count). The molecule has 1 aliphatic heterocycles. The molecule has 0 aliphatic carbocycles. The van der Waals surface area contributed by atoms with Crippen LogP contribution in [0.5, 0.6) is 0 Å². The maximum absolute atomic E-state index is 11.7. The Labute approximate surface area is 115 Å². The molecule has 0 radical (unpaired) electrons. The highest BCUT2D eigenvalue weighted by Crippen LogP contribution is 2.22. The second-order valence-corrected chi connectivity index (χ2v) is 5.57. The molecular formula is C13H16N2O3S. The van der Waals surface area contributed by atoms with Crippen LogP contribution < -0.4 is 10.6 Å². The van der Waals surface area contributed by atoms with Crippen LogP contribution in [0, 0.1) is 5.92 Å². The van der Waals surface area contributed by atoms with Gasteiger partial charge >= 0.3 is 12.0 Å². The van der Waals surface area contributed by atoms with Crippen LogP contribution in [0.4, 0.5) is 10.5 Å². The summed E-state index contributed by atoms with van der Waals surface area (Å²) in [6.07, 6.45) is 1.12. The number of amides is 2. The minimum Gasteiger partial charge on any atom is -0.478 e. The van der Waals surface area contributed by atoms with Crippen molar-refractivity contribution in [2.45, 2.75) is 6.42 Å². The van der Waals surface area contributed by atoms with Crippen molar-refractivity contribution in [3.63, 3.8) is 0 Å². The van der Waals surface area contributed by atoms with Crippen LogP contribution in [0.1, 0.15) is 16.8 Å². The van der Waals surface area contributed by atoms with Crippen LogP contribution >= 0.6 is 11.8 Å². The van der Waals surface area contributed by atoms with Crippen LogP contribution in [0.15, 0.2) is 24.3 Å². The van der Waals surface area contributed by atoms with Gasteiger partial charge in [0.1, 0.15) is 0 Å². The lowest BCUT2D eigenvalue weighted by molar-refractivity contribution is 0.0698. The number of carboxylic acids is 1. The van der Waals surface area contributed by atoms with E-state index < -0.39 is 5.97 Å². The Balaban J connectivity index is 1.89. The number of aromatic carboxylic acids is 1. The van der Waals surface area contributed by atoms with Crippen molar-refractivity contribution < 1.29 is 14.7 Å². The second kappa shape index (κ2) is 6.47. The van der Waals surface area contributed by atoms with Crippen LogP contribution in [0.3, 0.4) is 0 Å². The highest BCUT2D eigenvalue weighted by molar-refractivity contribution is 7.99. The molecule has 1 aliphatic rings. The summed E-state index contributed by atoms with van der Waals surface area (Å²) in [7, 11) is 0. The predicted octanol–water partition coefficient (Wildman–Crippen LogP) is 2.26. The van der Waals surface area contributed by atoms with Gasteiger partial charge < -0.3 is 15.7 Å². The molecule has 102 valence electrons. The van der Waals surface area contributed by atoms with Crippen molar-refractivity contribution in [2.24, 2.45) is 5.92 Å². The summed E-state index contributed by atoms with van der Waals surface area (Å²) in [6, 6.07) is 6.00. The lowest BCUT2D eigenvalue weighted by Crippen LogP contribution is -2.33. The lowest BCUT2D eigenvalue weighted by atomic mass is 10.1. The van der Waals surface area contributed by atoms with E-state index in [-0.39, 0.29) is 11.6 Å². The Morgan fingerprint density at radius 3 is 2.84 bits per heavy atom. The van der Waals surface area contributed by atoms with Gasteiger partial charge in [-0.05, 0) is 36.0 Å². The summed E-state index contributed by atoms with van der Waals surface area (Å²) in [5.41, 5.74) is 0.405. The number of carbonyl (C=O) groups is 2. The number of carboxylic acid groups (broad SMARTS) is 1. The molecule has 0 bridgehead atoms. The summed E-state index contributed by atoms with van der Waals surface area (Å²) >= 11 is 1.89. The number of rotatable bonds is 4. The van der Waals surface area contributed by atoms with E-state index in [0.717, 1.165) is 17.9 Å². The largest absolute Gasteiger partial charge is 0.478 e. The summed E-state index contributed by atoms with van der Waals surface area (Å²) < 4.78 is 0. The molecule has 1 aromatic carbocycles. The number of anilines is 1. The van der Waals surface area contributed by atoms with E-state index in [0.29, 0.717) is 18.2 Å². The Bertz CT molecular complexity index is 473. The van der Waals surface area contributed by atoms with Gasteiger partial charge in [0.05, 0.1) is 11.3 Å². The van der Waals surface area contributed by atoms with Gasteiger partial charge in [0.25, 0.3) is 0 Å². The molecule has 19 heavy (non-hydrogen) atoms.